The third-order valence-corrected chi connectivity index (χ3v) is 4.14. The van der Waals surface area contributed by atoms with Gasteiger partial charge in [-0.2, -0.15) is 18.3 Å². The van der Waals surface area contributed by atoms with E-state index in [-0.39, 0.29) is 12.0 Å². The Hall–Kier alpha value is -3.55. The van der Waals surface area contributed by atoms with Crippen LogP contribution in [-0.4, -0.2) is 23.8 Å². The normalized spacial score (nSPS) is 11.6. The van der Waals surface area contributed by atoms with Crippen LogP contribution in [0.15, 0.2) is 72.0 Å². The van der Waals surface area contributed by atoms with Crippen LogP contribution in [0.4, 0.5) is 13.2 Å². The van der Waals surface area contributed by atoms with Crippen LogP contribution in [0.1, 0.15) is 16.8 Å². The summed E-state index contributed by atoms with van der Waals surface area (Å²) in [6.45, 7) is 0. The molecule has 3 rings (SSSR count). The molecule has 150 valence electrons. The Kier molecular flexibility index (Phi) is 6.01. The number of benzene rings is 2. The van der Waals surface area contributed by atoms with Gasteiger partial charge in [0, 0.05) is 11.9 Å². The average Bonchev–Trinajstić information content (AvgIpc) is 3.16. The van der Waals surface area contributed by atoms with Crippen LogP contribution in [0.3, 0.4) is 0 Å². The Morgan fingerprint density at radius 3 is 2.59 bits per heavy atom. The van der Waals surface area contributed by atoms with Gasteiger partial charge >= 0.3 is 6.18 Å². The number of ether oxygens (including phenoxy) is 1. The van der Waals surface area contributed by atoms with E-state index in [9.17, 15) is 18.0 Å². The van der Waals surface area contributed by atoms with Gasteiger partial charge < -0.3 is 9.30 Å². The fourth-order valence-corrected chi connectivity index (χ4v) is 2.73. The second kappa shape index (κ2) is 8.64. The van der Waals surface area contributed by atoms with Crippen LogP contribution < -0.4 is 10.2 Å². The molecule has 0 aliphatic carbocycles. The molecule has 0 spiro atoms. The molecule has 0 saturated carbocycles. The third-order valence-electron chi connectivity index (χ3n) is 4.14. The van der Waals surface area contributed by atoms with Crippen molar-refractivity contribution in [1.29, 1.82) is 0 Å². The van der Waals surface area contributed by atoms with E-state index in [1.165, 1.54) is 18.3 Å². The maximum Gasteiger partial charge on any atom is 0.416 e. The van der Waals surface area contributed by atoms with Crippen molar-refractivity contribution in [1.82, 2.24) is 9.99 Å². The largest absolute Gasteiger partial charge is 0.497 e. The number of carbonyl (C=O) groups excluding carboxylic acids is 1. The van der Waals surface area contributed by atoms with Crippen LogP contribution in [0, 0.1) is 0 Å². The molecular formula is C21H18F3N3O2. The SMILES string of the molecule is COc1ccc(-n2cccc2/C=N/NC(=O)Cc2cccc(C(F)(F)F)c2)cc1. The number of rotatable bonds is 6. The zero-order valence-corrected chi connectivity index (χ0v) is 15.5. The number of amides is 1. The third kappa shape index (κ3) is 5.25. The summed E-state index contributed by atoms with van der Waals surface area (Å²) in [6, 6.07) is 15.7. The minimum atomic E-state index is -4.45. The summed E-state index contributed by atoms with van der Waals surface area (Å²) < 4.78 is 45.3. The van der Waals surface area contributed by atoms with E-state index in [0.717, 1.165) is 29.3 Å². The molecule has 0 aliphatic rings. The monoisotopic (exact) mass is 401 g/mol. The number of aromatic nitrogens is 1. The summed E-state index contributed by atoms with van der Waals surface area (Å²) in [5.41, 5.74) is 3.41. The van der Waals surface area contributed by atoms with Gasteiger partial charge in [0.2, 0.25) is 5.91 Å². The second-order valence-electron chi connectivity index (χ2n) is 6.17. The number of alkyl halides is 3. The first-order valence-corrected chi connectivity index (χ1v) is 8.66. The highest BCUT2D eigenvalue weighted by Gasteiger charge is 2.30. The van der Waals surface area contributed by atoms with Gasteiger partial charge in [0.05, 0.1) is 31.0 Å². The molecule has 1 amide bonds. The lowest BCUT2D eigenvalue weighted by atomic mass is 10.1. The number of hydrogen-bond acceptors (Lipinski definition) is 3. The molecule has 5 nitrogen and oxygen atoms in total. The number of halogens is 3. The summed E-state index contributed by atoms with van der Waals surface area (Å²) in [5.74, 6) is 0.223. The van der Waals surface area contributed by atoms with Gasteiger partial charge in [0.25, 0.3) is 0 Å². The Balaban J connectivity index is 1.63. The van der Waals surface area contributed by atoms with E-state index in [0.29, 0.717) is 0 Å². The van der Waals surface area contributed by atoms with Crippen molar-refractivity contribution in [3.05, 3.63) is 83.7 Å². The van der Waals surface area contributed by atoms with Gasteiger partial charge in [0.1, 0.15) is 5.75 Å². The first-order chi connectivity index (χ1) is 13.9. The number of nitrogens with one attached hydrogen (secondary N) is 1. The van der Waals surface area contributed by atoms with Crippen molar-refractivity contribution in [3.8, 4) is 11.4 Å². The molecule has 1 heterocycles. The topological polar surface area (TPSA) is 55.6 Å². The number of methoxy groups -OCH3 is 1. The first-order valence-electron chi connectivity index (χ1n) is 8.66. The molecule has 1 aromatic heterocycles. The molecular weight excluding hydrogens is 383 g/mol. The van der Waals surface area contributed by atoms with E-state index in [4.69, 9.17) is 4.74 Å². The lowest BCUT2D eigenvalue weighted by molar-refractivity contribution is -0.137. The van der Waals surface area contributed by atoms with E-state index >= 15 is 0 Å². The molecule has 29 heavy (non-hydrogen) atoms. The van der Waals surface area contributed by atoms with Crippen molar-refractivity contribution >= 4 is 12.1 Å². The van der Waals surface area contributed by atoms with Crippen LogP contribution in [0.5, 0.6) is 5.75 Å². The number of nitrogens with zero attached hydrogens (tertiary/aromatic N) is 2. The van der Waals surface area contributed by atoms with Gasteiger partial charge in [-0.25, -0.2) is 5.43 Å². The Bertz CT molecular complexity index is 1010. The molecule has 0 fully saturated rings. The summed E-state index contributed by atoms with van der Waals surface area (Å²) in [6.07, 6.45) is -1.35. The molecule has 0 aliphatic heterocycles. The molecule has 1 N–H and O–H groups in total. The summed E-state index contributed by atoms with van der Waals surface area (Å²) >= 11 is 0. The van der Waals surface area contributed by atoms with Crippen LogP contribution >= 0.6 is 0 Å². The molecule has 0 unspecified atom stereocenters. The Labute approximate surface area is 165 Å². The fourth-order valence-electron chi connectivity index (χ4n) is 2.73. The molecule has 8 heteroatoms. The summed E-state index contributed by atoms with van der Waals surface area (Å²) in [4.78, 5) is 12.0. The quantitative estimate of drug-likeness (QED) is 0.497. The maximum absolute atomic E-state index is 12.8. The predicted octanol–water partition coefficient (Wildman–Crippen LogP) is 4.20. The smallest absolute Gasteiger partial charge is 0.416 e. The average molecular weight is 401 g/mol. The molecule has 0 bridgehead atoms. The minimum Gasteiger partial charge on any atom is -0.497 e. The van der Waals surface area contributed by atoms with Crippen molar-refractivity contribution in [2.75, 3.05) is 7.11 Å². The molecule has 0 saturated heterocycles. The highest BCUT2D eigenvalue weighted by atomic mass is 19.4. The van der Waals surface area contributed by atoms with E-state index < -0.39 is 17.6 Å². The van der Waals surface area contributed by atoms with Crippen molar-refractivity contribution < 1.29 is 22.7 Å². The molecule has 3 aromatic rings. The standard InChI is InChI=1S/C21H18F3N3O2/c1-29-19-9-7-17(8-10-19)27-11-3-6-18(27)14-25-26-20(28)13-15-4-2-5-16(12-15)21(22,23)24/h2-12,14H,13H2,1H3,(H,26,28)/b25-14+. The first kappa shape index (κ1) is 20.2. The van der Waals surface area contributed by atoms with Crippen LogP contribution in [0.2, 0.25) is 0 Å². The minimum absolute atomic E-state index is 0.208. The van der Waals surface area contributed by atoms with Crippen molar-refractivity contribution in [3.63, 3.8) is 0 Å². The summed E-state index contributed by atoms with van der Waals surface area (Å²) in [5, 5.41) is 3.91. The summed E-state index contributed by atoms with van der Waals surface area (Å²) in [7, 11) is 1.59. The van der Waals surface area contributed by atoms with Gasteiger partial charge in [-0.3, -0.25) is 4.79 Å². The zero-order valence-electron chi connectivity index (χ0n) is 15.5. The van der Waals surface area contributed by atoms with E-state index in [2.05, 4.69) is 10.5 Å². The maximum atomic E-state index is 12.8. The van der Waals surface area contributed by atoms with E-state index in [1.54, 1.807) is 7.11 Å². The van der Waals surface area contributed by atoms with Crippen LogP contribution in [-0.2, 0) is 17.4 Å². The Morgan fingerprint density at radius 2 is 1.90 bits per heavy atom. The number of hydrazone groups is 1. The number of carbonyl (C=O) groups is 1. The molecule has 2 aromatic carbocycles. The highest BCUT2D eigenvalue weighted by Crippen LogP contribution is 2.29. The molecule has 0 radical (unpaired) electrons. The van der Waals surface area contributed by atoms with Crippen LogP contribution in [0.25, 0.3) is 5.69 Å². The zero-order chi connectivity index (χ0) is 20.9. The lowest BCUT2D eigenvalue weighted by Crippen LogP contribution is -2.20. The van der Waals surface area contributed by atoms with Crippen molar-refractivity contribution in [2.45, 2.75) is 12.6 Å². The predicted molar refractivity (Wildman–Crippen MR) is 103 cm³/mol. The van der Waals surface area contributed by atoms with E-state index in [1.807, 2.05) is 47.2 Å². The highest BCUT2D eigenvalue weighted by molar-refractivity contribution is 5.82. The lowest BCUT2D eigenvalue weighted by Gasteiger charge is -2.08. The van der Waals surface area contributed by atoms with Gasteiger partial charge in [-0.05, 0) is 48.0 Å². The van der Waals surface area contributed by atoms with Crippen molar-refractivity contribution in [2.24, 2.45) is 5.10 Å². The Morgan fingerprint density at radius 1 is 1.14 bits per heavy atom. The fraction of sp³-hybridized carbons (Fsp3) is 0.143. The molecule has 0 atom stereocenters. The number of hydrogen-bond donors (Lipinski definition) is 1. The van der Waals surface area contributed by atoms with Gasteiger partial charge in [-0.1, -0.05) is 18.2 Å². The van der Waals surface area contributed by atoms with Gasteiger partial charge in [-0.15, -0.1) is 0 Å². The second-order valence-corrected chi connectivity index (χ2v) is 6.17. The van der Waals surface area contributed by atoms with Gasteiger partial charge in [0.15, 0.2) is 0 Å².